The Hall–Kier alpha value is -0.0400. The van der Waals surface area contributed by atoms with E-state index in [0.717, 1.165) is 19.4 Å². The zero-order valence-electron chi connectivity index (χ0n) is 4.82. The molecule has 0 aliphatic rings. The third-order valence-electron chi connectivity index (χ3n) is 0.954. The molecule has 0 bridgehead atoms. The maximum absolute atomic E-state index is 5.25. The van der Waals surface area contributed by atoms with E-state index in [4.69, 9.17) is 5.73 Å². The Kier molecular flexibility index (Phi) is 5.93. The number of nitrogens with two attached hydrogens (primary N) is 1. The molecule has 43 valence electrons. The maximum atomic E-state index is 5.25. The lowest BCUT2D eigenvalue weighted by molar-refractivity contribution is 0.694. The second kappa shape index (κ2) is 5.96. The van der Waals surface area contributed by atoms with Gasteiger partial charge in [-0.2, -0.15) is 0 Å². The Morgan fingerprint density at radius 2 is 1.86 bits per heavy atom. The molecule has 0 fully saturated rings. The summed E-state index contributed by atoms with van der Waals surface area (Å²) in [6, 6.07) is 0. The van der Waals surface area contributed by atoms with E-state index in [-0.39, 0.29) is 0 Å². The molecule has 0 amide bonds. The quantitative estimate of drug-likeness (QED) is 0.530. The van der Waals surface area contributed by atoms with Gasteiger partial charge < -0.3 is 5.73 Å². The van der Waals surface area contributed by atoms with Gasteiger partial charge in [-0.15, -0.1) is 0 Å². The predicted octanol–water partition coefficient (Wildman–Crippen LogP) is 1.34. The van der Waals surface area contributed by atoms with E-state index >= 15 is 0 Å². The lowest BCUT2D eigenvalue weighted by Crippen LogP contribution is -1.97. The van der Waals surface area contributed by atoms with E-state index in [1.54, 1.807) is 0 Å². The molecule has 1 nitrogen and oxygen atoms in total. The molecular formula is C6H14N. The van der Waals surface area contributed by atoms with Crippen LogP contribution in [-0.4, -0.2) is 6.54 Å². The first-order chi connectivity index (χ1) is 3.41. The molecule has 2 N–H and O–H groups in total. The van der Waals surface area contributed by atoms with Gasteiger partial charge in [-0.25, -0.2) is 0 Å². The lowest BCUT2D eigenvalue weighted by atomic mass is 10.2. The summed E-state index contributed by atoms with van der Waals surface area (Å²) in [5.41, 5.74) is 5.25. The van der Waals surface area contributed by atoms with Crippen molar-refractivity contribution in [3.63, 3.8) is 0 Å². The average molecular weight is 100 g/mol. The van der Waals surface area contributed by atoms with Crippen LogP contribution in [0.2, 0.25) is 0 Å². The molecule has 1 heteroatoms. The van der Waals surface area contributed by atoms with Crippen LogP contribution in [-0.2, 0) is 0 Å². The Labute approximate surface area is 45.9 Å². The Morgan fingerprint density at radius 3 is 2.29 bits per heavy atom. The molecule has 0 saturated heterocycles. The molecule has 0 heterocycles. The molecule has 0 spiro atoms. The molecule has 0 saturated carbocycles. The number of hydrogen-bond donors (Lipinski definition) is 1. The maximum Gasteiger partial charge on any atom is -0.00773 e. The van der Waals surface area contributed by atoms with Crippen LogP contribution in [0.25, 0.3) is 0 Å². The van der Waals surface area contributed by atoms with Crippen LogP contribution in [0, 0.1) is 6.92 Å². The topological polar surface area (TPSA) is 26.0 Å². The molecule has 7 heavy (non-hydrogen) atoms. The van der Waals surface area contributed by atoms with Crippen molar-refractivity contribution in [2.75, 3.05) is 6.54 Å². The van der Waals surface area contributed by atoms with Crippen LogP contribution in [0.5, 0.6) is 0 Å². The molecule has 0 aromatic heterocycles. The standard InChI is InChI=1S/C6H14N/c1-2-3-4-5-6-7/h1-7H2. The fourth-order valence-electron chi connectivity index (χ4n) is 0.498. The van der Waals surface area contributed by atoms with Crippen LogP contribution in [0.1, 0.15) is 25.7 Å². The van der Waals surface area contributed by atoms with Gasteiger partial charge in [-0.3, -0.25) is 0 Å². The van der Waals surface area contributed by atoms with Crippen LogP contribution in [0.4, 0.5) is 0 Å². The molecule has 1 radical (unpaired) electrons. The normalized spacial score (nSPS) is 9.43. The van der Waals surface area contributed by atoms with Crippen LogP contribution >= 0.6 is 0 Å². The van der Waals surface area contributed by atoms with Gasteiger partial charge in [0.1, 0.15) is 0 Å². The summed E-state index contributed by atoms with van der Waals surface area (Å²) in [5.74, 6) is 0. The first-order valence-electron chi connectivity index (χ1n) is 2.91. The Balaban J connectivity index is 2.45. The lowest BCUT2D eigenvalue weighted by Gasteiger charge is -1.90. The highest BCUT2D eigenvalue weighted by molar-refractivity contribution is 4.43. The molecule has 0 rings (SSSR count). The second-order valence-electron chi connectivity index (χ2n) is 1.70. The number of hydrogen-bond acceptors (Lipinski definition) is 1. The van der Waals surface area contributed by atoms with Crippen LogP contribution in [0.3, 0.4) is 0 Å². The van der Waals surface area contributed by atoms with E-state index in [9.17, 15) is 0 Å². The third-order valence-corrected chi connectivity index (χ3v) is 0.954. The van der Waals surface area contributed by atoms with Crippen molar-refractivity contribution in [2.45, 2.75) is 25.7 Å². The molecular weight excluding hydrogens is 86.1 g/mol. The van der Waals surface area contributed by atoms with Crippen molar-refractivity contribution in [1.82, 2.24) is 0 Å². The van der Waals surface area contributed by atoms with Gasteiger partial charge in [-0.1, -0.05) is 26.2 Å². The zero-order valence-corrected chi connectivity index (χ0v) is 4.82. The van der Waals surface area contributed by atoms with Gasteiger partial charge in [0.15, 0.2) is 0 Å². The van der Waals surface area contributed by atoms with Gasteiger partial charge in [0.2, 0.25) is 0 Å². The predicted molar refractivity (Wildman–Crippen MR) is 32.9 cm³/mol. The minimum absolute atomic E-state index is 0.833. The van der Waals surface area contributed by atoms with Crippen molar-refractivity contribution in [3.8, 4) is 0 Å². The highest BCUT2D eigenvalue weighted by atomic mass is 14.5. The SMILES string of the molecule is [CH2]CCCCCN. The monoisotopic (exact) mass is 100 g/mol. The van der Waals surface area contributed by atoms with Crippen LogP contribution in [0.15, 0.2) is 0 Å². The fourth-order valence-corrected chi connectivity index (χ4v) is 0.498. The molecule has 0 aliphatic heterocycles. The zero-order chi connectivity index (χ0) is 5.54. The first-order valence-corrected chi connectivity index (χ1v) is 2.91. The molecule has 0 aromatic rings. The molecule has 0 atom stereocenters. The summed E-state index contributed by atoms with van der Waals surface area (Å²) >= 11 is 0. The first kappa shape index (κ1) is 6.96. The highest BCUT2D eigenvalue weighted by Crippen LogP contribution is 1.95. The van der Waals surface area contributed by atoms with Gasteiger partial charge in [0.05, 0.1) is 0 Å². The number of unbranched alkanes of at least 4 members (excludes halogenated alkanes) is 3. The highest BCUT2D eigenvalue weighted by Gasteiger charge is 1.80. The third kappa shape index (κ3) is 5.96. The van der Waals surface area contributed by atoms with E-state index in [0.29, 0.717) is 0 Å². The molecule has 0 unspecified atom stereocenters. The largest absolute Gasteiger partial charge is 0.330 e. The average Bonchev–Trinajstić information content (AvgIpc) is 1.69. The summed E-state index contributed by atoms with van der Waals surface area (Å²) in [5, 5.41) is 0. The molecule has 0 aromatic carbocycles. The van der Waals surface area contributed by atoms with E-state index in [1.807, 2.05) is 0 Å². The van der Waals surface area contributed by atoms with Gasteiger partial charge in [0, 0.05) is 0 Å². The van der Waals surface area contributed by atoms with Crippen molar-refractivity contribution in [1.29, 1.82) is 0 Å². The van der Waals surface area contributed by atoms with E-state index in [2.05, 4.69) is 6.92 Å². The van der Waals surface area contributed by atoms with Gasteiger partial charge >= 0.3 is 0 Å². The summed E-state index contributed by atoms with van der Waals surface area (Å²) in [6.07, 6.45) is 4.70. The fraction of sp³-hybridized carbons (Fsp3) is 0.833. The Morgan fingerprint density at radius 1 is 1.14 bits per heavy atom. The smallest absolute Gasteiger partial charge is 0.00773 e. The van der Waals surface area contributed by atoms with E-state index < -0.39 is 0 Å². The minimum atomic E-state index is 0.833. The number of rotatable bonds is 4. The van der Waals surface area contributed by atoms with Gasteiger partial charge in [0.25, 0.3) is 0 Å². The second-order valence-corrected chi connectivity index (χ2v) is 1.70. The van der Waals surface area contributed by atoms with Crippen LogP contribution < -0.4 is 5.73 Å². The summed E-state index contributed by atoms with van der Waals surface area (Å²) in [6.45, 7) is 4.55. The Bertz CT molecular complexity index is 23.4. The van der Waals surface area contributed by atoms with Crippen molar-refractivity contribution >= 4 is 0 Å². The van der Waals surface area contributed by atoms with E-state index in [1.165, 1.54) is 12.8 Å². The van der Waals surface area contributed by atoms with Crippen molar-refractivity contribution in [2.24, 2.45) is 5.73 Å². The molecule has 0 aliphatic carbocycles. The summed E-state index contributed by atoms with van der Waals surface area (Å²) < 4.78 is 0. The van der Waals surface area contributed by atoms with Gasteiger partial charge in [-0.05, 0) is 13.0 Å². The van der Waals surface area contributed by atoms with Crippen molar-refractivity contribution < 1.29 is 0 Å². The summed E-state index contributed by atoms with van der Waals surface area (Å²) in [4.78, 5) is 0. The summed E-state index contributed by atoms with van der Waals surface area (Å²) in [7, 11) is 0. The van der Waals surface area contributed by atoms with Crippen molar-refractivity contribution in [3.05, 3.63) is 6.92 Å². The minimum Gasteiger partial charge on any atom is -0.330 e.